The fourth-order valence-corrected chi connectivity index (χ4v) is 1.71. The Labute approximate surface area is 121 Å². The summed E-state index contributed by atoms with van der Waals surface area (Å²) >= 11 is 0. The number of aliphatic carboxylic acids is 2. The number of amides is 1. The zero-order valence-corrected chi connectivity index (χ0v) is 11.3. The smallest absolute Gasteiger partial charge is 0.326 e. The van der Waals surface area contributed by atoms with Crippen molar-refractivity contribution in [3.8, 4) is 5.75 Å². The number of rotatable bonds is 8. The van der Waals surface area contributed by atoms with Crippen molar-refractivity contribution in [3.63, 3.8) is 0 Å². The zero-order chi connectivity index (χ0) is 15.8. The van der Waals surface area contributed by atoms with Gasteiger partial charge in [-0.3, -0.25) is 9.59 Å². The van der Waals surface area contributed by atoms with Crippen LogP contribution in [0.3, 0.4) is 0 Å². The highest BCUT2D eigenvalue weighted by Gasteiger charge is 2.20. The molecule has 0 radical (unpaired) electrons. The van der Waals surface area contributed by atoms with Crippen molar-refractivity contribution in [3.05, 3.63) is 29.8 Å². The zero-order valence-electron chi connectivity index (χ0n) is 11.3. The normalized spacial score (nSPS) is 11.6. The Hall–Kier alpha value is -2.57. The second-order valence-electron chi connectivity index (χ2n) is 4.56. The number of nitrogens with one attached hydrogen (secondary N) is 1. The van der Waals surface area contributed by atoms with Crippen molar-refractivity contribution in [1.82, 2.24) is 5.32 Å². The third-order valence-electron chi connectivity index (χ3n) is 2.86. The number of hydrogen-bond donors (Lipinski definition) is 4. The molecule has 0 unspecified atom stereocenters. The van der Waals surface area contributed by atoms with Crippen molar-refractivity contribution in [2.45, 2.75) is 31.7 Å². The molecule has 0 aliphatic carbocycles. The second-order valence-corrected chi connectivity index (χ2v) is 4.56. The molecule has 0 spiro atoms. The van der Waals surface area contributed by atoms with Gasteiger partial charge in [-0.05, 0) is 30.5 Å². The van der Waals surface area contributed by atoms with Crippen LogP contribution in [0, 0.1) is 0 Å². The minimum Gasteiger partial charge on any atom is -0.508 e. The maximum Gasteiger partial charge on any atom is 0.326 e. The van der Waals surface area contributed by atoms with E-state index < -0.39 is 23.9 Å². The summed E-state index contributed by atoms with van der Waals surface area (Å²) in [4.78, 5) is 33.0. The Kier molecular flexibility index (Phi) is 6.19. The molecule has 0 aliphatic heterocycles. The van der Waals surface area contributed by atoms with E-state index in [1.165, 1.54) is 12.1 Å². The summed E-state index contributed by atoms with van der Waals surface area (Å²) in [6.07, 6.45) is 0.00380. The molecular formula is C14H17NO6. The molecule has 7 nitrogen and oxygen atoms in total. The monoisotopic (exact) mass is 295 g/mol. The van der Waals surface area contributed by atoms with Gasteiger partial charge in [0.2, 0.25) is 5.91 Å². The maximum absolute atomic E-state index is 11.7. The largest absolute Gasteiger partial charge is 0.508 e. The molecule has 1 aromatic carbocycles. The summed E-state index contributed by atoms with van der Waals surface area (Å²) in [6.45, 7) is 0. The molecular weight excluding hydrogens is 278 g/mol. The van der Waals surface area contributed by atoms with E-state index in [0.29, 0.717) is 6.42 Å². The van der Waals surface area contributed by atoms with E-state index in [1.54, 1.807) is 12.1 Å². The molecule has 0 aromatic heterocycles. The van der Waals surface area contributed by atoms with E-state index in [4.69, 9.17) is 15.3 Å². The lowest BCUT2D eigenvalue weighted by molar-refractivity contribution is -0.143. The van der Waals surface area contributed by atoms with Gasteiger partial charge < -0.3 is 20.6 Å². The van der Waals surface area contributed by atoms with Gasteiger partial charge in [0.15, 0.2) is 0 Å². The van der Waals surface area contributed by atoms with Crippen LogP contribution in [-0.2, 0) is 20.8 Å². The molecule has 0 heterocycles. The number of phenols is 1. The van der Waals surface area contributed by atoms with Gasteiger partial charge in [-0.15, -0.1) is 0 Å². The number of carbonyl (C=O) groups is 3. The second kappa shape index (κ2) is 7.88. The summed E-state index contributed by atoms with van der Waals surface area (Å²) in [5.41, 5.74) is 0.834. The Morgan fingerprint density at radius 1 is 1.05 bits per heavy atom. The van der Waals surface area contributed by atoms with Crippen molar-refractivity contribution in [2.75, 3.05) is 0 Å². The average molecular weight is 295 g/mol. The summed E-state index contributed by atoms with van der Waals surface area (Å²) in [7, 11) is 0. The van der Waals surface area contributed by atoms with Crippen LogP contribution in [0.4, 0.5) is 0 Å². The SMILES string of the molecule is O=C(O)CC[C@H](NC(=O)CCc1ccc(O)cc1)C(=O)O. The Morgan fingerprint density at radius 3 is 2.19 bits per heavy atom. The maximum atomic E-state index is 11.7. The third-order valence-corrected chi connectivity index (χ3v) is 2.86. The van der Waals surface area contributed by atoms with Crippen molar-refractivity contribution >= 4 is 17.8 Å². The lowest BCUT2D eigenvalue weighted by Gasteiger charge is -2.13. The van der Waals surface area contributed by atoms with Gasteiger partial charge >= 0.3 is 11.9 Å². The van der Waals surface area contributed by atoms with E-state index in [9.17, 15) is 14.4 Å². The number of carboxylic acids is 2. The summed E-state index contributed by atoms with van der Waals surface area (Å²) in [6, 6.07) is 5.14. The van der Waals surface area contributed by atoms with Crippen LogP contribution < -0.4 is 5.32 Å². The fraction of sp³-hybridized carbons (Fsp3) is 0.357. The first kappa shape index (κ1) is 16.5. The minimum atomic E-state index is -1.26. The van der Waals surface area contributed by atoms with Gasteiger partial charge in [-0.1, -0.05) is 12.1 Å². The van der Waals surface area contributed by atoms with Gasteiger partial charge in [0, 0.05) is 12.8 Å². The van der Waals surface area contributed by atoms with E-state index in [-0.39, 0.29) is 25.0 Å². The molecule has 1 aromatic rings. The van der Waals surface area contributed by atoms with Gasteiger partial charge in [-0.2, -0.15) is 0 Å². The third kappa shape index (κ3) is 6.42. The van der Waals surface area contributed by atoms with Crippen molar-refractivity contribution in [1.29, 1.82) is 0 Å². The molecule has 114 valence electrons. The summed E-state index contributed by atoms with van der Waals surface area (Å²) in [5, 5.41) is 28.9. The molecule has 4 N–H and O–H groups in total. The predicted octanol–water partition coefficient (Wildman–Crippen LogP) is 0.759. The van der Waals surface area contributed by atoms with Crippen LogP contribution in [-0.4, -0.2) is 39.2 Å². The minimum absolute atomic E-state index is 0.0849. The van der Waals surface area contributed by atoms with E-state index in [2.05, 4.69) is 5.32 Å². The first-order valence-corrected chi connectivity index (χ1v) is 6.40. The molecule has 0 fully saturated rings. The molecule has 0 aliphatic rings. The van der Waals surface area contributed by atoms with Crippen LogP contribution in [0.25, 0.3) is 0 Å². The van der Waals surface area contributed by atoms with E-state index in [1.807, 2.05) is 0 Å². The van der Waals surface area contributed by atoms with Gasteiger partial charge in [0.05, 0.1) is 0 Å². The number of aryl methyl sites for hydroxylation is 1. The molecule has 7 heteroatoms. The van der Waals surface area contributed by atoms with Crippen LogP contribution in [0.5, 0.6) is 5.75 Å². The predicted molar refractivity (Wildman–Crippen MR) is 72.9 cm³/mol. The molecule has 0 saturated heterocycles. The summed E-state index contributed by atoms with van der Waals surface area (Å²) in [5.74, 6) is -2.70. The Balaban J connectivity index is 2.44. The lowest BCUT2D eigenvalue weighted by Crippen LogP contribution is -2.41. The number of aromatic hydroxyl groups is 1. The standard InChI is InChI=1S/C14H17NO6/c16-10-4-1-9(2-5-10)3-7-12(17)15-11(14(20)21)6-8-13(18)19/h1-2,4-5,11,16H,3,6-8H2,(H,15,17)(H,18,19)(H,20,21)/t11-/m0/s1. The van der Waals surface area contributed by atoms with Gasteiger partial charge in [-0.25, -0.2) is 4.79 Å². The van der Waals surface area contributed by atoms with Gasteiger partial charge in [0.25, 0.3) is 0 Å². The first-order chi connectivity index (χ1) is 9.88. The molecule has 1 amide bonds. The molecule has 0 saturated carbocycles. The average Bonchev–Trinajstić information content (AvgIpc) is 2.42. The highest BCUT2D eigenvalue weighted by molar-refractivity contribution is 5.84. The van der Waals surface area contributed by atoms with Crippen LogP contribution in [0.1, 0.15) is 24.8 Å². The van der Waals surface area contributed by atoms with Crippen molar-refractivity contribution in [2.24, 2.45) is 0 Å². The van der Waals surface area contributed by atoms with Crippen LogP contribution in [0.15, 0.2) is 24.3 Å². The number of hydrogen-bond acceptors (Lipinski definition) is 4. The lowest BCUT2D eigenvalue weighted by atomic mass is 10.1. The highest BCUT2D eigenvalue weighted by Crippen LogP contribution is 2.11. The van der Waals surface area contributed by atoms with Crippen LogP contribution >= 0.6 is 0 Å². The topological polar surface area (TPSA) is 124 Å². The van der Waals surface area contributed by atoms with Crippen molar-refractivity contribution < 1.29 is 29.7 Å². The fourth-order valence-electron chi connectivity index (χ4n) is 1.71. The van der Waals surface area contributed by atoms with Gasteiger partial charge in [0.1, 0.15) is 11.8 Å². The molecule has 1 atom stereocenters. The number of carboxylic acid groups (broad SMARTS) is 2. The first-order valence-electron chi connectivity index (χ1n) is 6.40. The highest BCUT2D eigenvalue weighted by atomic mass is 16.4. The molecule has 1 rings (SSSR count). The van der Waals surface area contributed by atoms with E-state index in [0.717, 1.165) is 5.56 Å². The number of phenolic OH excluding ortho intramolecular Hbond substituents is 1. The van der Waals surface area contributed by atoms with E-state index >= 15 is 0 Å². The Bertz CT molecular complexity index is 511. The summed E-state index contributed by atoms with van der Waals surface area (Å²) < 4.78 is 0. The molecule has 21 heavy (non-hydrogen) atoms. The number of benzene rings is 1. The van der Waals surface area contributed by atoms with Crippen LogP contribution in [0.2, 0.25) is 0 Å². The Morgan fingerprint density at radius 2 is 1.67 bits per heavy atom. The number of carbonyl (C=O) groups excluding carboxylic acids is 1. The molecule has 0 bridgehead atoms. The quantitative estimate of drug-likeness (QED) is 0.561.